The lowest BCUT2D eigenvalue weighted by atomic mass is 10.2. The maximum atomic E-state index is 12.5. The Morgan fingerprint density at radius 3 is 2.55 bits per heavy atom. The van der Waals surface area contributed by atoms with Crippen molar-refractivity contribution in [2.24, 2.45) is 0 Å². The third-order valence-electron chi connectivity index (χ3n) is 2.80. The zero-order chi connectivity index (χ0) is 16.3. The molecule has 0 aliphatic heterocycles. The lowest BCUT2D eigenvalue weighted by molar-refractivity contribution is -0.137. The molecule has 22 heavy (non-hydrogen) atoms. The summed E-state index contributed by atoms with van der Waals surface area (Å²) in [4.78, 5) is 20.5. The number of esters is 1. The molecule has 0 fully saturated rings. The Morgan fingerprint density at radius 2 is 2.05 bits per heavy atom. The monoisotopic (exact) mass is 330 g/mol. The van der Waals surface area contributed by atoms with Gasteiger partial charge in [0.2, 0.25) is 0 Å². The molecule has 0 aliphatic rings. The van der Waals surface area contributed by atoms with Crippen molar-refractivity contribution in [1.29, 1.82) is 0 Å². The lowest BCUT2D eigenvalue weighted by Crippen LogP contribution is -2.07. The molecule has 0 saturated carbocycles. The number of alkyl halides is 3. The third-order valence-corrected chi connectivity index (χ3v) is 4.02. The molecule has 0 bridgehead atoms. The third kappa shape index (κ3) is 3.44. The summed E-state index contributed by atoms with van der Waals surface area (Å²) in [5, 5.41) is 0.397. The van der Waals surface area contributed by atoms with Gasteiger partial charge in [0, 0.05) is 11.1 Å². The molecule has 8 heteroatoms. The molecule has 118 valence electrons. The summed E-state index contributed by atoms with van der Waals surface area (Å²) in [5.74, 6) is -0.534. The average molecular weight is 330 g/mol. The molecule has 0 unspecified atom stereocenters. The summed E-state index contributed by atoms with van der Waals surface area (Å²) < 4.78 is 42.5. The van der Waals surface area contributed by atoms with Gasteiger partial charge in [-0.15, -0.1) is 11.3 Å². The molecule has 0 saturated heterocycles. The normalized spacial score (nSPS) is 11.5. The van der Waals surface area contributed by atoms with Crippen LogP contribution in [0.1, 0.15) is 34.8 Å². The number of halogens is 3. The lowest BCUT2D eigenvalue weighted by Gasteiger charge is -2.05. The summed E-state index contributed by atoms with van der Waals surface area (Å²) >= 11 is 1.22. The van der Waals surface area contributed by atoms with Crippen LogP contribution in [-0.2, 0) is 17.3 Å². The van der Waals surface area contributed by atoms with Crippen molar-refractivity contribution in [2.75, 3.05) is 6.61 Å². The minimum Gasteiger partial charge on any atom is -0.461 e. The number of aromatic nitrogens is 2. The number of hydrogen-bond donors (Lipinski definition) is 0. The van der Waals surface area contributed by atoms with Crippen molar-refractivity contribution >= 4 is 17.3 Å². The van der Waals surface area contributed by atoms with Gasteiger partial charge in [-0.2, -0.15) is 13.2 Å². The first-order valence-corrected chi connectivity index (χ1v) is 7.38. The van der Waals surface area contributed by atoms with E-state index in [9.17, 15) is 18.0 Å². The highest BCUT2D eigenvalue weighted by molar-refractivity contribution is 7.15. The van der Waals surface area contributed by atoms with Crippen molar-refractivity contribution in [3.8, 4) is 10.7 Å². The van der Waals surface area contributed by atoms with Crippen LogP contribution in [-0.4, -0.2) is 22.5 Å². The second kappa shape index (κ2) is 6.43. The Bertz CT molecular complexity index is 666. The topological polar surface area (TPSA) is 52.1 Å². The molecule has 0 atom stereocenters. The van der Waals surface area contributed by atoms with Crippen LogP contribution < -0.4 is 0 Å². The van der Waals surface area contributed by atoms with E-state index in [1.807, 2.05) is 6.92 Å². The molecular formula is C14H13F3N2O2S. The van der Waals surface area contributed by atoms with Crippen molar-refractivity contribution in [2.45, 2.75) is 26.4 Å². The second-order valence-corrected chi connectivity index (χ2v) is 5.38. The summed E-state index contributed by atoms with van der Waals surface area (Å²) in [6.07, 6.45) is -3.10. The van der Waals surface area contributed by atoms with E-state index in [1.54, 1.807) is 6.92 Å². The highest BCUT2D eigenvalue weighted by Gasteiger charge is 2.31. The summed E-state index contributed by atoms with van der Waals surface area (Å²) in [6.45, 7) is 3.78. The molecule has 0 spiro atoms. The molecule has 0 N–H and O–H groups in total. The fraction of sp³-hybridized carbons (Fsp3) is 0.357. The van der Waals surface area contributed by atoms with Gasteiger partial charge in [0.05, 0.1) is 17.9 Å². The smallest absolute Gasteiger partial charge is 0.417 e. The van der Waals surface area contributed by atoms with Crippen LogP contribution in [0.4, 0.5) is 13.2 Å². The molecule has 0 radical (unpaired) electrons. The molecule has 2 rings (SSSR count). The van der Waals surface area contributed by atoms with E-state index >= 15 is 0 Å². The van der Waals surface area contributed by atoms with Gasteiger partial charge >= 0.3 is 12.1 Å². The van der Waals surface area contributed by atoms with E-state index in [2.05, 4.69) is 9.97 Å². The van der Waals surface area contributed by atoms with E-state index in [-0.39, 0.29) is 12.3 Å². The van der Waals surface area contributed by atoms with E-state index in [4.69, 9.17) is 4.74 Å². The number of hydrogen-bond acceptors (Lipinski definition) is 5. The zero-order valence-corrected chi connectivity index (χ0v) is 12.7. The zero-order valence-electron chi connectivity index (χ0n) is 11.9. The van der Waals surface area contributed by atoms with Crippen molar-refractivity contribution in [3.05, 3.63) is 34.5 Å². The molecule has 2 aromatic heterocycles. The van der Waals surface area contributed by atoms with Gasteiger partial charge in [0.25, 0.3) is 0 Å². The quantitative estimate of drug-likeness (QED) is 0.796. The number of nitrogens with zero attached hydrogens (tertiary/aromatic N) is 2. The molecule has 4 nitrogen and oxygen atoms in total. The molecule has 0 aromatic carbocycles. The minimum absolute atomic E-state index is 0.200. The molecule has 0 amide bonds. The summed E-state index contributed by atoms with van der Waals surface area (Å²) in [7, 11) is 0. The number of thiazole rings is 1. The molecule has 0 aliphatic carbocycles. The van der Waals surface area contributed by atoms with Crippen LogP contribution in [0, 0.1) is 0 Å². The van der Waals surface area contributed by atoms with Crippen LogP contribution in [0.5, 0.6) is 0 Å². The number of carbonyl (C=O) groups excluding carboxylic acids is 1. The van der Waals surface area contributed by atoms with Crippen molar-refractivity contribution < 1.29 is 22.7 Å². The van der Waals surface area contributed by atoms with E-state index < -0.39 is 17.7 Å². The second-order valence-electron chi connectivity index (χ2n) is 4.29. The van der Waals surface area contributed by atoms with Gasteiger partial charge in [-0.25, -0.2) is 9.78 Å². The Hall–Kier alpha value is -1.96. The highest BCUT2D eigenvalue weighted by Crippen LogP contribution is 2.31. The maximum Gasteiger partial charge on any atom is 0.417 e. The number of ether oxygens (including phenoxy) is 1. The van der Waals surface area contributed by atoms with E-state index in [1.165, 1.54) is 17.4 Å². The number of aryl methyl sites for hydroxylation is 1. The van der Waals surface area contributed by atoms with Crippen LogP contribution in [0.3, 0.4) is 0 Å². The van der Waals surface area contributed by atoms with E-state index in [0.29, 0.717) is 17.1 Å². The predicted octanol–water partition coefficient (Wildman–Crippen LogP) is 3.96. The van der Waals surface area contributed by atoms with Crippen LogP contribution in [0.15, 0.2) is 18.3 Å². The first-order chi connectivity index (χ1) is 10.4. The Kier molecular flexibility index (Phi) is 4.80. The highest BCUT2D eigenvalue weighted by atomic mass is 32.1. The Balaban J connectivity index is 2.35. The number of pyridine rings is 1. The van der Waals surface area contributed by atoms with Gasteiger partial charge in [0.1, 0.15) is 5.01 Å². The average Bonchev–Trinajstić information content (AvgIpc) is 2.91. The SMILES string of the molecule is CCOC(=O)c1nc(-c2ccc(C(F)(F)F)cn2)sc1CC. The predicted molar refractivity (Wildman–Crippen MR) is 75.7 cm³/mol. The van der Waals surface area contributed by atoms with Gasteiger partial charge in [-0.05, 0) is 25.5 Å². The first kappa shape index (κ1) is 16.4. The van der Waals surface area contributed by atoms with Gasteiger partial charge in [0.15, 0.2) is 5.69 Å². The number of carbonyl (C=O) groups is 1. The largest absolute Gasteiger partial charge is 0.461 e. The summed E-state index contributed by atoms with van der Waals surface area (Å²) in [6, 6.07) is 2.19. The maximum absolute atomic E-state index is 12.5. The first-order valence-electron chi connectivity index (χ1n) is 6.57. The minimum atomic E-state index is -4.43. The summed E-state index contributed by atoms with van der Waals surface area (Å²) in [5.41, 5.74) is -0.330. The van der Waals surface area contributed by atoms with Crippen LogP contribution in [0.2, 0.25) is 0 Å². The number of rotatable bonds is 4. The Labute approximate surface area is 129 Å². The fourth-order valence-corrected chi connectivity index (χ4v) is 2.71. The standard InChI is InChI=1S/C14H13F3N2O2S/c1-3-10-11(13(20)21-4-2)19-12(22-10)9-6-5-8(7-18-9)14(15,16)17/h5-7H,3-4H2,1-2H3. The fourth-order valence-electron chi connectivity index (χ4n) is 1.75. The molecule has 2 heterocycles. The van der Waals surface area contributed by atoms with Crippen molar-refractivity contribution in [1.82, 2.24) is 9.97 Å². The Morgan fingerprint density at radius 1 is 1.32 bits per heavy atom. The molecule has 2 aromatic rings. The van der Waals surface area contributed by atoms with Gasteiger partial charge in [-0.3, -0.25) is 4.98 Å². The van der Waals surface area contributed by atoms with Crippen LogP contribution >= 0.6 is 11.3 Å². The molecular weight excluding hydrogens is 317 g/mol. The van der Waals surface area contributed by atoms with E-state index in [0.717, 1.165) is 17.1 Å². The van der Waals surface area contributed by atoms with Gasteiger partial charge in [-0.1, -0.05) is 6.92 Å². The van der Waals surface area contributed by atoms with Crippen molar-refractivity contribution in [3.63, 3.8) is 0 Å². The van der Waals surface area contributed by atoms with Crippen LogP contribution in [0.25, 0.3) is 10.7 Å². The van der Waals surface area contributed by atoms with Gasteiger partial charge < -0.3 is 4.74 Å².